The van der Waals surface area contributed by atoms with Crippen molar-refractivity contribution in [3.05, 3.63) is 71.5 Å². The van der Waals surface area contributed by atoms with E-state index in [4.69, 9.17) is 4.42 Å². The van der Waals surface area contributed by atoms with Crippen LogP contribution in [0.3, 0.4) is 0 Å². The van der Waals surface area contributed by atoms with Gasteiger partial charge in [0.25, 0.3) is 5.91 Å². The molecule has 3 rings (SSSR count). The summed E-state index contributed by atoms with van der Waals surface area (Å²) in [6.07, 6.45) is 1.59. The normalized spacial score (nSPS) is 11.1. The zero-order valence-electron chi connectivity index (χ0n) is 17.6. The number of benzene rings is 2. The molecule has 30 heavy (non-hydrogen) atoms. The maximum atomic E-state index is 12.1. The average Bonchev–Trinajstić information content (AvgIpc) is 3.15. The molecule has 160 valence electrons. The maximum Gasteiger partial charge on any atom is 0.253 e. The minimum atomic E-state index is 0. The van der Waals surface area contributed by atoms with E-state index in [9.17, 15) is 4.79 Å². The number of nitrogens with zero attached hydrogens (tertiary/aromatic N) is 2. The van der Waals surface area contributed by atoms with Crippen molar-refractivity contribution in [2.75, 3.05) is 34.2 Å². The summed E-state index contributed by atoms with van der Waals surface area (Å²) in [6.45, 7) is 1.45. The third kappa shape index (κ3) is 6.48. The van der Waals surface area contributed by atoms with Crippen molar-refractivity contribution in [1.29, 1.82) is 0 Å². The Bertz CT molecular complexity index is 965. The fourth-order valence-corrected chi connectivity index (χ4v) is 3.13. The van der Waals surface area contributed by atoms with E-state index in [2.05, 4.69) is 27.8 Å². The Hall–Kier alpha value is -2.55. The minimum absolute atomic E-state index is 0. The Kier molecular flexibility index (Phi) is 9.16. The van der Waals surface area contributed by atoms with Gasteiger partial charge in [0, 0.05) is 51.6 Å². The van der Waals surface area contributed by atoms with Crippen LogP contribution in [0.25, 0.3) is 11.0 Å². The molecule has 7 heteroatoms. The largest absolute Gasteiger partial charge is 0.461 e. The summed E-state index contributed by atoms with van der Waals surface area (Å²) >= 11 is 0. The molecule has 1 aromatic heterocycles. The van der Waals surface area contributed by atoms with Crippen molar-refractivity contribution in [3.8, 4) is 0 Å². The van der Waals surface area contributed by atoms with E-state index in [1.807, 2.05) is 42.5 Å². The Morgan fingerprint density at radius 1 is 1.00 bits per heavy atom. The number of guanidine groups is 1. The van der Waals surface area contributed by atoms with Crippen LogP contribution in [-0.4, -0.2) is 51.0 Å². The summed E-state index contributed by atoms with van der Waals surface area (Å²) in [7, 11) is 5.28. The molecule has 2 aromatic carbocycles. The number of aliphatic imine (C=N–C) groups is 1. The first kappa shape index (κ1) is 23.7. The van der Waals surface area contributed by atoms with Gasteiger partial charge < -0.3 is 20.0 Å². The van der Waals surface area contributed by atoms with Gasteiger partial charge >= 0.3 is 0 Å². The number of nitrogens with one attached hydrogen (secondary N) is 2. The highest BCUT2D eigenvalue weighted by Gasteiger charge is 2.08. The van der Waals surface area contributed by atoms with E-state index in [-0.39, 0.29) is 29.9 Å². The molecule has 0 unspecified atom stereocenters. The van der Waals surface area contributed by atoms with Gasteiger partial charge in [-0.3, -0.25) is 9.79 Å². The molecule has 0 fully saturated rings. The third-order valence-electron chi connectivity index (χ3n) is 4.65. The van der Waals surface area contributed by atoms with Gasteiger partial charge in [0.2, 0.25) is 0 Å². The number of hydrogen-bond acceptors (Lipinski definition) is 3. The number of halogens is 1. The Morgan fingerprint density at radius 3 is 2.43 bits per heavy atom. The molecule has 0 radical (unpaired) electrons. The highest BCUT2D eigenvalue weighted by molar-refractivity contribution is 14.0. The molecule has 0 saturated carbocycles. The molecule has 0 aliphatic heterocycles. The lowest BCUT2D eigenvalue weighted by molar-refractivity contribution is 0.0827. The van der Waals surface area contributed by atoms with Gasteiger partial charge in [0.05, 0.1) is 0 Å². The SMILES string of the molecule is CN=C(NCCc1cccc(C(=O)N(C)C)c1)NCCc1cc2ccccc2o1.I. The minimum Gasteiger partial charge on any atom is -0.461 e. The van der Waals surface area contributed by atoms with E-state index in [0.29, 0.717) is 5.56 Å². The van der Waals surface area contributed by atoms with Crippen molar-refractivity contribution < 1.29 is 9.21 Å². The smallest absolute Gasteiger partial charge is 0.253 e. The number of rotatable bonds is 7. The third-order valence-corrected chi connectivity index (χ3v) is 4.65. The van der Waals surface area contributed by atoms with Crippen molar-refractivity contribution in [1.82, 2.24) is 15.5 Å². The lowest BCUT2D eigenvalue weighted by atomic mass is 10.1. The first-order chi connectivity index (χ1) is 14.1. The van der Waals surface area contributed by atoms with E-state index in [1.54, 1.807) is 26.0 Å². The molecule has 3 aromatic rings. The number of fused-ring (bicyclic) bond motifs is 1. The first-order valence-electron chi connectivity index (χ1n) is 9.79. The van der Waals surface area contributed by atoms with Crippen molar-refractivity contribution in [2.45, 2.75) is 12.8 Å². The van der Waals surface area contributed by atoms with Gasteiger partial charge in [-0.05, 0) is 36.2 Å². The molecular formula is C23H29IN4O2. The standard InChI is InChI=1S/C23H28N4O2.HI/c1-24-23(26-14-12-20-16-18-8-4-5-10-21(18)29-20)25-13-11-17-7-6-9-19(15-17)22(28)27(2)3;/h4-10,15-16H,11-14H2,1-3H3,(H2,24,25,26);1H. The molecule has 0 bridgehead atoms. The summed E-state index contributed by atoms with van der Waals surface area (Å²) in [4.78, 5) is 17.9. The highest BCUT2D eigenvalue weighted by atomic mass is 127. The maximum absolute atomic E-state index is 12.1. The molecule has 0 saturated heterocycles. The van der Waals surface area contributed by atoms with Gasteiger partial charge in [0.15, 0.2) is 5.96 Å². The number of amides is 1. The number of hydrogen-bond donors (Lipinski definition) is 2. The van der Waals surface area contributed by atoms with Crippen molar-refractivity contribution in [2.24, 2.45) is 4.99 Å². The van der Waals surface area contributed by atoms with E-state index < -0.39 is 0 Å². The van der Waals surface area contributed by atoms with Crippen LogP contribution < -0.4 is 10.6 Å². The summed E-state index contributed by atoms with van der Waals surface area (Å²) < 4.78 is 5.84. The van der Waals surface area contributed by atoms with Crippen LogP contribution >= 0.6 is 24.0 Å². The molecule has 1 amide bonds. The molecular weight excluding hydrogens is 491 g/mol. The van der Waals surface area contributed by atoms with E-state index in [0.717, 1.165) is 54.2 Å². The fourth-order valence-electron chi connectivity index (χ4n) is 3.13. The lowest BCUT2D eigenvalue weighted by Crippen LogP contribution is -2.39. The molecule has 2 N–H and O–H groups in total. The first-order valence-corrected chi connectivity index (χ1v) is 9.79. The monoisotopic (exact) mass is 520 g/mol. The molecule has 0 spiro atoms. The van der Waals surface area contributed by atoms with Gasteiger partial charge in [-0.2, -0.15) is 0 Å². The fraction of sp³-hybridized carbons (Fsp3) is 0.304. The van der Waals surface area contributed by atoms with Crippen molar-refractivity contribution in [3.63, 3.8) is 0 Å². The lowest BCUT2D eigenvalue weighted by Gasteiger charge is -2.13. The second kappa shape index (κ2) is 11.6. The Balaban J connectivity index is 0.00000320. The molecule has 0 atom stereocenters. The van der Waals surface area contributed by atoms with Crippen LogP contribution in [-0.2, 0) is 12.8 Å². The van der Waals surface area contributed by atoms with Crippen LogP contribution in [0.15, 0.2) is 64.0 Å². The predicted molar refractivity (Wildman–Crippen MR) is 133 cm³/mol. The van der Waals surface area contributed by atoms with Crippen LogP contribution in [0.5, 0.6) is 0 Å². The van der Waals surface area contributed by atoms with Crippen LogP contribution in [0, 0.1) is 0 Å². The molecule has 0 aliphatic rings. The van der Waals surface area contributed by atoms with Crippen LogP contribution in [0.4, 0.5) is 0 Å². The summed E-state index contributed by atoms with van der Waals surface area (Å²) in [5, 5.41) is 7.75. The van der Waals surface area contributed by atoms with Gasteiger partial charge in [0.1, 0.15) is 11.3 Å². The Labute approximate surface area is 194 Å². The predicted octanol–water partition coefficient (Wildman–Crippen LogP) is 3.70. The topological polar surface area (TPSA) is 69.9 Å². The summed E-state index contributed by atoms with van der Waals surface area (Å²) in [5.41, 5.74) is 2.74. The highest BCUT2D eigenvalue weighted by Crippen LogP contribution is 2.18. The number of furan rings is 1. The molecule has 0 aliphatic carbocycles. The zero-order valence-corrected chi connectivity index (χ0v) is 20.0. The number of carbonyl (C=O) groups is 1. The quantitative estimate of drug-likeness (QED) is 0.283. The average molecular weight is 520 g/mol. The van der Waals surface area contributed by atoms with Gasteiger partial charge in [-0.25, -0.2) is 0 Å². The van der Waals surface area contributed by atoms with Crippen LogP contribution in [0.1, 0.15) is 21.7 Å². The van der Waals surface area contributed by atoms with Crippen LogP contribution in [0.2, 0.25) is 0 Å². The second-order valence-electron chi connectivity index (χ2n) is 7.08. The summed E-state index contributed by atoms with van der Waals surface area (Å²) in [5.74, 6) is 1.72. The van der Waals surface area contributed by atoms with Crippen molar-refractivity contribution >= 4 is 46.8 Å². The zero-order chi connectivity index (χ0) is 20.6. The van der Waals surface area contributed by atoms with E-state index in [1.165, 1.54) is 0 Å². The second-order valence-corrected chi connectivity index (χ2v) is 7.08. The van der Waals surface area contributed by atoms with Gasteiger partial charge in [-0.15, -0.1) is 24.0 Å². The number of carbonyl (C=O) groups excluding carboxylic acids is 1. The van der Waals surface area contributed by atoms with Gasteiger partial charge in [-0.1, -0.05) is 30.3 Å². The molecule has 1 heterocycles. The van der Waals surface area contributed by atoms with E-state index >= 15 is 0 Å². The molecule has 6 nitrogen and oxygen atoms in total. The Morgan fingerprint density at radius 2 is 1.73 bits per heavy atom. The summed E-state index contributed by atoms with van der Waals surface area (Å²) in [6, 6.07) is 17.8. The number of para-hydroxylation sites is 1.